The third kappa shape index (κ3) is 4.60. The Balaban J connectivity index is 2.65. The van der Waals surface area contributed by atoms with Gasteiger partial charge in [-0.15, -0.1) is 0 Å². The summed E-state index contributed by atoms with van der Waals surface area (Å²) >= 11 is 9.75. The SMILES string of the molecule is CCOCCN(/N=C/c1snc(C)c1Br)C(N)=S. The Morgan fingerprint density at radius 3 is 2.94 bits per heavy atom. The zero-order valence-corrected chi connectivity index (χ0v) is 13.4. The number of aromatic nitrogens is 1. The van der Waals surface area contributed by atoms with E-state index in [2.05, 4.69) is 25.4 Å². The smallest absolute Gasteiger partial charge is 0.187 e. The Kier molecular flexibility index (Phi) is 6.69. The number of thiocarbonyl (C=S) groups is 1. The normalized spacial score (nSPS) is 11.1. The molecule has 0 aromatic carbocycles. The minimum atomic E-state index is 0.225. The average molecular weight is 351 g/mol. The van der Waals surface area contributed by atoms with Crippen molar-refractivity contribution in [1.29, 1.82) is 0 Å². The maximum absolute atomic E-state index is 5.59. The number of rotatable bonds is 6. The highest BCUT2D eigenvalue weighted by molar-refractivity contribution is 9.10. The first-order chi connectivity index (χ1) is 8.56. The van der Waals surface area contributed by atoms with Crippen LogP contribution < -0.4 is 5.73 Å². The van der Waals surface area contributed by atoms with E-state index in [1.54, 1.807) is 6.21 Å². The number of halogens is 1. The van der Waals surface area contributed by atoms with Crippen LogP contribution in [0.3, 0.4) is 0 Å². The summed E-state index contributed by atoms with van der Waals surface area (Å²) in [5.74, 6) is 0. The molecule has 0 bridgehead atoms. The lowest BCUT2D eigenvalue weighted by Gasteiger charge is -2.16. The predicted molar refractivity (Wildman–Crippen MR) is 82.1 cm³/mol. The van der Waals surface area contributed by atoms with Crippen molar-refractivity contribution in [1.82, 2.24) is 9.38 Å². The fourth-order valence-corrected chi connectivity index (χ4v) is 2.41. The highest BCUT2D eigenvalue weighted by Crippen LogP contribution is 2.22. The van der Waals surface area contributed by atoms with E-state index < -0.39 is 0 Å². The van der Waals surface area contributed by atoms with Crippen LogP contribution in [0.2, 0.25) is 0 Å². The number of nitrogens with two attached hydrogens (primary N) is 1. The molecule has 1 rings (SSSR count). The van der Waals surface area contributed by atoms with Gasteiger partial charge in [0.15, 0.2) is 5.11 Å². The van der Waals surface area contributed by atoms with Gasteiger partial charge in [0, 0.05) is 6.61 Å². The maximum Gasteiger partial charge on any atom is 0.187 e. The molecule has 18 heavy (non-hydrogen) atoms. The van der Waals surface area contributed by atoms with E-state index in [1.807, 2.05) is 13.8 Å². The molecular weight excluding hydrogens is 336 g/mol. The number of hydrogen-bond donors (Lipinski definition) is 1. The topological polar surface area (TPSA) is 63.7 Å². The van der Waals surface area contributed by atoms with Crippen molar-refractivity contribution in [3.63, 3.8) is 0 Å². The van der Waals surface area contributed by atoms with Crippen LogP contribution in [0.4, 0.5) is 0 Å². The molecule has 0 fully saturated rings. The van der Waals surface area contributed by atoms with Gasteiger partial charge in [-0.05, 0) is 53.5 Å². The lowest BCUT2D eigenvalue weighted by Crippen LogP contribution is -2.33. The van der Waals surface area contributed by atoms with Crippen molar-refractivity contribution >= 4 is 51.0 Å². The molecule has 1 heterocycles. The summed E-state index contributed by atoms with van der Waals surface area (Å²) in [5, 5.41) is 6.00. The Morgan fingerprint density at radius 1 is 1.72 bits per heavy atom. The fourth-order valence-electron chi connectivity index (χ4n) is 1.10. The van der Waals surface area contributed by atoms with E-state index in [-0.39, 0.29) is 5.11 Å². The van der Waals surface area contributed by atoms with Crippen LogP contribution in [0.1, 0.15) is 17.5 Å². The van der Waals surface area contributed by atoms with E-state index in [0.717, 1.165) is 15.0 Å². The van der Waals surface area contributed by atoms with Crippen LogP contribution in [0, 0.1) is 6.92 Å². The highest BCUT2D eigenvalue weighted by Gasteiger charge is 2.07. The monoisotopic (exact) mass is 350 g/mol. The number of hydrogen-bond acceptors (Lipinski definition) is 5. The van der Waals surface area contributed by atoms with Gasteiger partial charge in [0.05, 0.1) is 34.4 Å². The summed E-state index contributed by atoms with van der Waals surface area (Å²) in [7, 11) is 0. The van der Waals surface area contributed by atoms with Gasteiger partial charge in [-0.25, -0.2) is 5.01 Å². The molecule has 0 saturated carbocycles. The minimum Gasteiger partial charge on any atom is -0.380 e. The molecule has 0 radical (unpaired) electrons. The summed E-state index contributed by atoms with van der Waals surface area (Å²) < 4.78 is 10.4. The molecule has 0 aliphatic carbocycles. The number of hydrazone groups is 1. The molecule has 1 aromatic heterocycles. The number of aryl methyl sites for hydroxylation is 1. The van der Waals surface area contributed by atoms with Gasteiger partial charge in [0.2, 0.25) is 0 Å². The van der Waals surface area contributed by atoms with Crippen LogP contribution in [-0.2, 0) is 4.74 Å². The first kappa shape index (κ1) is 15.5. The summed E-state index contributed by atoms with van der Waals surface area (Å²) in [6.45, 7) is 5.60. The Hall–Kier alpha value is -0.570. The Bertz CT molecular complexity index is 436. The van der Waals surface area contributed by atoms with Crippen LogP contribution in [-0.4, -0.2) is 40.5 Å². The zero-order valence-electron chi connectivity index (χ0n) is 10.2. The summed E-state index contributed by atoms with van der Waals surface area (Å²) in [5.41, 5.74) is 6.53. The Labute approximate surface area is 124 Å². The van der Waals surface area contributed by atoms with E-state index >= 15 is 0 Å². The van der Waals surface area contributed by atoms with Crippen LogP contribution >= 0.6 is 39.7 Å². The largest absolute Gasteiger partial charge is 0.380 e. The van der Waals surface area contributed by atoms with Crippen molar-refractivity contribution < 1.29 is 4.74 Å². The second-order valence-electron chi connectivity index (χ2n) is 3.35. The molecule has 0 unspecified atom stereocenters. The quantitative estimate of drug-likeness (QED) is 0.368. The molecule has 5 nitrogen and oxygen atoms in total. The third-order valence-electron chi connectivity index (χ3n) is 2.04. The molecular formula is C10H15BrN4OS2. The molecule has 100 valence electrons. The molecule has 0 spiro atoms. The first-order valence-corrected chi connectivity index (χ1v) is 7.34. The van der Waals surface area contributed by atoms with Crippen molar-refractivity contribution in [3.8, 4) is 0 Å². The predicted octanol–water partition coefficient (Wildman–Crippen LogP) is 2.13. The van der Waals surface area contributed by atoms with E-state index in [4.69, 9.17) is 22.7 Å². The van der Waals surface area contributed by atoms with Crippen LogP contribution in [0.25, 0.3) is 0 Å². The van der Waals surface area contributed by atoms with Crippen molar-refractivity contribution in [2.75, 3.05) is 19.8 Å². The van der Waals surface area contributed by atoms with Gasteiger partial charge in [0.1, 0.15) is 0 Å². The third-order valence-corrected chi connectivity index (χ3v) is 4.38. The fraction of sp³-hybridized carbons (Fsp3) is 0.500. The number of ether oxygens (including phenoxy) is 1. The maximum atomic E-state index is 5.59. The molecule has 0 amide bonds. The van der Waals surface area contributed by atoms with Crippen molar-refractivity contribution in [3.05, 3.63) is 15.0 Å². The van der Waals surface area contributed by atoms with Gasteiger partial charge in [-0.2, -0.15) is 9.47 Å². The first-order valence-electron chi connectivity index (χ1n) is 5.36. The highest BCUT2D eigenvalue weighted by atomic mass is 79.9. The van der Waals surface area contributed by atoms with Crippen LogP contribution in [0.15, 0.2) is 9.57 Å². The van der Waals surface area contributed by atoms with E-state index in [1.165, 1.54) is 16.5 Å². The molecule has 0 aliphatic rings. The van der Waals surface area contributed by atoms with E-state index in [9.17, 15) is 0 Å². The molecule has 2 N–H and O–H groups in total. The average Bonchev–Trinajstić information content (AvgIpc) is 2.64. The van der Waals surface area contributed by atoms with Gasteiger partial charge < -0.3 is 10.5 Å². The lowest BCUT2D eigenvalue weighted by atomic mass is 10.4. The standard InChI is InChI=1S/C10H15BrN4OS2/c1-3-16-5-4-15(10(12)17)13-6-8-9(11)7(2)14-18-8/h6H,3-5H2,1-2H3,(H2,12,17)/b13-6+. The molecule has 0 aliphatic heterocycles. The van der Waals surface area contributed by atoms with Crippen LogP contribution in [0.5, 0.6) is 0 Å². The van der Waals surface area contributed by atoms with Gasteiger partial charge in [0.25, 0.3) is 0 Å². The van der Waals surface area contributed by atoms with Gasteiger partial charge >= 0.3 is 0 Å². The summed E-state index contributed by atoms with van der Waals surface area (Å²) in [4.78, 5) is 0.935. The van der Waals surface area contributed by atoms with Gasteiger partial charge in [-0.3, -0.25) is 0 Å². The summed E-state index contributed by atoms with van der Waals surface area (Å²) in [6, 6.07) is 0. The molecule has 0 saturated heterocycles. The molecule has 1 aromatic rings. The zero-order chi connectivity index (χ0) is 13.5. The van der Waals surface area contributed by atoms with Gasteiger partial charge in [-0.1, -0.05) is 0 Å². The lowest BCUT2D eigenvalue weighted by molar-refractivity contribution is 0.133. The number of nitrogens with zero attached hydrogens (tertiary/aromatic N) is 3. The summed E-state index contributed by atoms with van der Waals surface area (Å²) in [6.07, 6.45) is 1.69. The van der Waals surface area contributed by atoms with Crippen molar-refractivity contribution in [2.45, 2.75) is 13.8 Å². The second-order valence-corrected chi connectivity index (χ2v) is 5.37. The van der Waals surface area contributed by atoms with Crippen molar-refractivity contribution in [2.24, 2.45) is 10.8 Å². The van der Waals surface area contributed by atoms with E-state index in [0.29, 0.717) is 19.8 Å². The molecule has 0 atom stereocenters. The minimum absolute atomic E-state index is 0.225. The molecule has 8 heteroatoms. The Morgan fingerprint density at radius 2 is 2.44 bits per heavy atom. The second kappa shape index (κ2) is 7.78.